The maximum Gasteiger partial charge on any atom is 0.328 e. The van der Waals surface area contributed by atoms with Gasteiger partial charge < -0.3 is 9.30 Å². The number of fused-ring (bicyclic) bond motifs is 6. The largest absolute Gasteiger partial charge is 0.464 e. The second-order valence-electron chi connectivity index (χ2n) is 8.55. The minimum Gasteiger partial charge on any atom is -0.464 e. The summed E-state index contributed by atoms with van der Waals surface area (Å²) in [5, 5.41) is 6.31. The first kappa shape index (κ1) is 19.7. The molecule has 1 aliphatic heterocycles. The summed E-state index contributed by atoms with van der Waals surface area (Å²) in [7, 11) is 0. The van der Waals surface area contributed by atoms with E-state index in [-0.39, 0.29) is 41.5 Å². The molecule has 2 aliphatic carbocycles. The number of hydrogen-bond donors (Lipinski definition) is 0. The van der Waals surface area contributed by atoms with Gasteiger partial charge in [-0.15, -0.1) is 0 Å². The van der Waals surface area contributed by atoms with Gasteiger partial charge in [0.2, 0.25) is 0 Å². The first-order valence-electron chi connectivity index (χ1n) is 10.8. The standard InChI is InChI=1S/C24H25N3O4/c1-4-31-24(30)14(3)26-13(2)18(17-7-5-6-8-19(17)26)12-25-27-22(28)20-15-9-10-16(11-15)21(20)23(27)29/h5-10,12,14-16,20-21H,4,11H2,1-3H3/t14-,15+,16+,20-,21+/m1/s1. The van der Waals surface area contributed by atoms with Gasteiger partial charge in [-0.25, -0.2) is 4.79 Å². The highest BCUT2D eigenvalue weighted by atomic mass is 16.5. The van der Waals surface area contributed by atoms with Crippen molar-refractivity contribution in [3.05, 3.63) is 47.7 Å². The van der Waals surface area contributed by atoms with Crippen molar-refractivity contribution >= 4 is 34.9 Å². The molecule has 0 N–H and O–H groups in total. The number of carbonyl (C=O) groups is 3. The van der Waals surface area contributed by atoms with Crippen LogP contribution in [0.15, 0.2) is 41.5 Å². The van der Waals surface area contributed by atoms with Gasteiger partial charge in [-0.05, 0) is 45.1 Å². The van der Waals surface area contributed by atoms with Gasteiger partial charge in [0.05, 0.1) is 24.7 Å². The SMILES string of the molecule is CCOC(=O)[C@@H](C)n1c(C)c(C=NN2C(=O)[C@@H]3[C@H](C2=O)[C@H]2C=C[C@H]3C2)c2ccccc21. The number of amides is 2. The zero-order chi connectivity index (χ0) is 21.9. The van der Waals surface area contributed by atoms with E-state index in [1.54, 1.807) is 20.1 Å². The van der Waals surface area contributed by atoms with Gasteiger partial charge in [0.1, 0.15) is 6.04 Å². The number of aromatic nitrogens is 1. The van der Waals surface area contributed by atoms with Gasteiger partial charge in [-0.3, -0.25) is 9.59 Å². The van der Waals surface area contributed by atoms with Crippen molar-refractivity contribution in [2.75, 3.05) is 6.61 Å². The summed E-state index contributed by atoms with van der Waals surface area (Å²) in [5.41, 5.74) is 2.48. The molecular weight excluding hydrogens is 394 g/mol. The minimum absolute atomic E-state index is 0.153. The van der Waals surface area contributed by atoms with E-state index in [0.717, 1.165) is 33.6 Å². The van der Waals surface area contributed by atoms with Crippen LogP contribution in [0.5, 0.6) is 0 Å². The molecule has 5 rings (SSSR count). The molecule has 1 saturated carbocycles. The second kappa shape index (κ2) is 7.18. The van der Waals surface area contributed by atoms with Crippen LogP contribution in [0, 0.1) is 30.6 Å². The van der Waals surface area contributed by atoms with Gasteiger partial charge in [0, 0.05) is 22.2 Å². The number of esters is 1. The van der Waals surface area contributed by atoms with E-state index in [4.69, 9.17) is 4.74 Å². The smallest absolute Gasteiger partial charge is 0.328 e. The number of benzene rings is 1. The van der Waals surface area contributed by atoms with Crippen LogP contribution in [0.4, 0.5) is 0 Å². The monoisotopic (exact) mass is 419 g/mol. The molecule has 2 bridgehead atoms. The summed E-state index contributed by atoms with van der Waals surface area (Å²) in [5.74, 6) is -0.956. The quantitative estimate of drug-likeness (QED) is 0.323. The molecule has 1 aromatic carbocycles. The zero-order valence-corrected chi connectivity index (χ0v) is 17.8. The fourth-order valence-corrected chi connectivity index (χ4v) is 5.56. The molecule has 0 spiro atoms. The highest BCUT2D eigenvalue weighted by molar-refractivity contribution is 6.08. The summed E-state index contributed by atoms with van der Waals surface area (Å²) in [6.45, 7) is 5.80. The Morgan fingerprint density at radius 3 is 2.48 bits per heavy atom. The van der Waals surface area contributed by atoms with Crippen LogP contribution in [-0.2, 0) is 19.1 Å². The average Bonchev–Trinajstić information content (AvgIpc) is 3.49. The maximum atomic E-state index is 12.9. The van der Waals surface area contributed by atoms with Gasteiger partial charge >= 0.3 is 5.97 Å². The summed E-state index contributed by atoms with van der Waals surface area (Å²) in [6.07, 6.45) is 6.61. The number of rotatable bonds is 5. The van der Waals surface area contributed by atoms with Crippen molar-refractivity contribution in [3.63, 3.8) is 0 Å². The van der Waals surface area contributed by atoms with E-state index in [1.807, 2.05) is 35.8 Å². The Kier molecular flexibility index (Phi) is 4.57. The van der Waals surface area contributed by atoms with Crippen LogP contribution in [0.25, 0.3) is 10.9 Å². The molecule has 0 unspecified atom stereocenters. The van der Waals surface area contributed by atoms with Crippen molar-refractivity contribution in [2.24, 2.45) is 28.8 Å². The third-order valence-electron chi connectivity index (χ3n) is 6.97. The van der Waals surface area contributed by atoms with Gasteiger partial charge in [-0.1, -0.05) is 30.4 Å². The van der Waals surface area contributed by atoms with Crippen LogP contribution in [0.3, 0.4) is 0 Å². The topological polar surface area (TPSA) is 81.0 Å². The maximum absolute atomic E-state index is 12.9. The van der Waals surface area contributed by atoms with Crippen molar-refractivity contribution in [3.8, 4) is 0 Å². The molecule has 2 amide bonds. The number of hydrogen-bond acceptors (Lipinski definition) is 5. The number of hydrazone groups is 1. The fraction of sp³-hybridized carbons (Fsp3) is 0.417. The average molecular weight is 419 g/mol. The summed E-state index contributed by atoms with van der Waals surface area (Å²) in [6, 6.07) is 7.20. The molecule has 3 aliphatic rings. The number of nitrogens with zero attached hydrogens (tertiary/aromatic N) is 3. The first-order valence-corrected chi connectivity index (χ1v) is 10.8. The Morgan fingerprint density at radius 1 is 1.19 bits per heavy atom. The summed E-state index contributed by atoms with van der Waals surface area (Å²) in [4.78, 5) is 38.2. The molecule has 2 fully saturated rings. The van der Waals surface area contributed by atoms with Crippen molar-refractivity contribution < 1.29 is 19.1 Å². The van der Waals surface area contributed by atoms with Crippen LogP contribution >= 0.6 is 0 Å². The molecule has 160 valence electrons. The lowest BCUT2D eigenvalue weighted by Crippen LogP contribution is -2.28. The summed E-state index contributed by atoms with van der Waals surface area (Å²) >= 11 is 0. The summed E-state index contributed by atoms with van der Waals surface area (Å²) < 4.78 is 7.13. The molecule has 1 saturated heterocycles. The number of para-hydroxylation sites is 1. The lowest BCUT2D eigenvalue weighted by Gasteiger charge is -2.16. The Bertz CT molecular complexity index is 1130. The predicted molar refractivity (Wildman–Crippen MR) is 115 cm³/mol. The molecule has 31 heavy (non-hydrogen) atoms. The van der Waals surface area contributed by atoms with Crippen LogP contribution < -0.4 is 0 Å². The van der Waals surface area contributed by atoms with Gasteiger partial charge in [0.15, 0.2) is 0 Å². The third kappa shape index (κ3) is 2.79. The Labute approximate surface area is 180 Å². The lowest BCUT2D eigenvalue weighted by atomic mass is 9.85. The van der Waals surface area contributed by atoms with E-state index in [1.165, 1.54) is 0 Å². The van der Waals surface area contributed by atoms with E-state index in [9.17, 15) is 14.4 Å². The van der Waals surface area contributed by atoms with Crippen LogP contribution in [-0.4, -0.2) is 40.2 Å². The normalized spacial score (nSPS) is 27.6. The first-order chi connectivity index (χ1) is 14.9. The van der Waals surface area contributed by atoms with E-state index in [0.29, 0.717) is 6.61 Å². The Morgan fingerprint density at radius 2 is 1.84 bits per heavy atom. The predicted octanol–water partition coefficient (Wildman–Crippen LogP) is 3.21. The number of imide groups is 1. The van der Waals surface area contributed by atoms with Crippen molar-refractivity contribution in [2.45, 2.75) is 33.2 Å². The molecule has 5 atom stereocenters. The van der Waals surface area contributed by atoms with Crippen molar-refractivity contribution in [1.29, 1.82) is 0 Å². The van der Waals surface area contributed by atoms with Gasteiger partial charge in [0.25, 0.3) is 11.8 Å². The zero-order valence-electron chi connectivity index (χ0n) is 17.8. The molecule has 0 radical (unpaired) electrons. The van der Waals surface area contributed by atoms with Crippen molar-refractivity contribution in [1.82, 2.24) is 9.58 Å². The molecule has 2 aromatic rings. The Hall–Kier alpha value is -3.22. The molecular formula is C24H25N3O4. The molecule has 7 nitrogen and oxygen atoms in total. The minimum atomic E-state index is -0.511. The number of ether oxygens (including phenoxy) is 1. The lowest BCUT2D eigenvalue weighted by molar-refractivity contribution is -0.146. The molecule has 1 aromatic heterocycles. The van der Waals surface area contributed by atoms with Crippen LogP contribution in [0.2, 0.25) is 0 Å². The highest BCUT2D eigenvalue weighted by Gasteiger charge is 2.59. The Balaban J connectivity index is 1.51. The van der Waals surface area contributed by atoms with Gasteiger partial charge in [-0.2, -0.15) is 10.1 Å². The van der Waals surface area contributed by atoms with Crippen LogP contribution in [0.1, 0.15) is 37.6 Å². The molecule has 2 heterocycles. The second-order valence-corrected chi connectivity index (χ2v) is 8.55. The molecule has 7 heteroatoms. The number of carbonyl (C=O) groups excluding carboxylic acids is 3. The van der Waals surface area contributed by atoms with E-state index < -0.39 is 6.04 Å². The number of allylic oxidation sites excluding steroid dienone is 2. The fourth-order valence-electron chi connectivity index (χ4n) is 5.56. The van der Waals surface area contributed by atoms with E-state index >= 15 is 0 Å². The van der Waals surface area contributed by atoms with E-state index in [2.05, 4.69) is 17.3 Å². The highest BCUT2D eigenvalue weighted by Crippen LogP contribution is 2.52. The third-order valence-corrected chi connectivity index (χ3v) is 6.97.